The lowest BCUT2D eigenvalue weighted by Gasteiger charge is -2.48. The number of benzene rings is 1. The van der Waals surface area contributed by atoms with Crippen LogP contribution < -0.4 is 14.8 Å². The van der Waals surface area contributed by atoms with Crippen LogP contribution in [0.3, 0.4) is 0 Å². The van der Waals surface area contributed by atoms with Crippen molar-refractivity contribution in [1.82, 2.24) is 10.2 Å². The van der Waals surface area contributed by atoms with Gasteiger partial charge in [0.25, 0.3) is 0 Å². The third-order valence-corrected chi connectivity index (χ3v) is 5.68. The summed E-state index contributed by atoms with van der Waals surface area (Å²) in [4.78, 5) is 15.0. The van der Waals surface area contributed by atoms with Gasteiger partial charge < -0.3 is 19.7 Å². The molecule has 5 heteroatoms. The summed E-state index contributed by atoms with van der Waals surface area (Å²) in [5.41, 5.74) is 2.43. The standard InChI is InChI=1S/C18H24N2O3/c1-22-16-6-5-11-12(17(16)23-2)7-9-20-15(11)10-14-13(18(20)21)4-3-8-19-14/h5-6,13-15,19H,3-4,7-10H2,1-2H3/t13-,14-,15-/m0/s1. The Hall–Kier alpha value is -1.75. The normalized spacial score (nSPS) is 29.4. The molecular weight excluding hydrogens is 292 g/mol. The minimum atomic E-state index is 0.165. The van der Waals surface area contributed by atoms with Gasteiger partial charge in [0.2, 0.25) is 5.91 Å². The average Bonchev–Trinajstić information content (AvgIpc) is 2.60. The van der Waals surface area contributed by atoms with Gasteiger partial charge in [0, 0.05) is 18.2 Å². The van der Waals surface area contributed by atoms with E-state index < -0.39 is 0 Å². The van der Waals surface area contributed by atoms with Crippen LogP contribution >= 0.6 is 0 Å². The van der Waals surface area contributed by atoms with Gasteiger partial charge in [-0.05, 0) is 43.9 Å². The van der Waals surface area contributed by atoms with E-state index in [0.29, 0.717) is 11.9 Å². The largest absolute Gasteiger partial charge is 0.493 e. The molecule has 1 amide bonds. The molecule has 3 atom stereocenters. The van der Waals surface area contributed by atoms with Crippen LogP contribution in [-0.4, -0.2) is 44.2 Å². The number of hydrogen-bond acceptors (Lipinski definition) is 4. The zero-order chi connectivity index (χ0) is 16.0. The van der Waals surface area contributed by atoms with Crippen LogP contribution in [-0.2, 0) is 11.2 Å². The lowest BCUT2D eigenvalue weighted by Crippen LogP contribution is -2.57. The van der Waals surface area contributed by atoms with Crippen molar-refractivity contribution in [3.8, 4) is 11.5 Å². The van der Waals surface area contributed by atoms with E-state index >= 15 is 0 Å². The molecule has 0 unspecified atom stereocenters. The number of fused-ring (bicyclic) bond motifs is 4. The summed E-state index contributed by atoms with van der Waals surface area (Å²) in [7, 11) is 3.36. The minimum Gasteiger partial charge on any atom is -0.493 e. The number of rotatable bonds is 2. The lowest BCUT2D eigenvalue weighted by molar-refractivity contribution is -0.145. The Labute approximate surface area is 136 Å². The molecule has 0 saturated carbocycles. The summed E-state index contributed by atoms with van der Waals surface area (Å²) < 4.78 is 11.0. The van der Waals surface area contributed by atoms with Crippen molar-refractivity contribution >= 4 is 5.91 Å². The van der Waals surface area contributed by atoms with E-state index in [0.717, 1.165) is 50.3 Å². The number of amides is 1. The van der Waals surface area contributed by atoms with E-state index in [1.54, 1.807) is 14.2 Å². The quantitative estimate of drug-likeness (QED) is 0.905. The summed E-state index contributed by atoms with van der Waals surface area (Å²) >= 11 is 0. The van der Waals surface area contributed by atoms with Crippen molar-refractivity contribution in [2.45, 2.75) is 37.8 Å². The zero-order valence-corrected chi connectivity index (χ0v) is 13.8. The van der Waals surface area contributed by atoms with Crippen molar-refractivity contribution in [3.63, 3.8) is 0 Å². The topological polar surface area (TPSA) is 50.8 Å². The molecule has 4 rings (SSSR count). The summed E-state index contributed by atoms with van der Waals surface area (Å²) in [6, 6.07) is 4.56. The van der Waals surface area contributed by atoms with Crippen LogP contribution in [0.15, 0.2) is 12.1 Å². The van der Waals surface area contributed by atoms with E-state index in [1.807, 2.05) is 6.07 Å². The first kappa shape index (κ1) is 14.8. The molecule has 3 heterocycles. The molecule has 2 fully saturated rings. The maximum Gasteiger partial charge on any atom is 0.227 e. The lowest BCUT2D eigenvalue weighted by atomic mass is 9.77. The van der Waals surface area contributed by atoms with Gasteiger partial charge in [-0.3, -0.25) is 4.79 Å². The Bertz CT molecular complexity index is 631. The van der Waals surface area contributed by atoms with Crippen LogP contribution in [0.1, 0.15) is 36.4 Å². The van der Waals surface area contributed by atoms with Crippen molar-refractivity contribution in [1.29, 1.82) is 0 Å². The van der Waals surface area contributed by atoms with Gasteiger partial charge in [0.15, 0.2) is 11.5 Å². The maximum absolute atomic E-state index is 12.9. The maximum atomic E-state index is 12.9. The van der Waals surface area contributed by atoms with E-state index in [4.69, 9.17) is 9.47 Å². The number of nitrogens with one attached hydrogen (secondary N) is 1. The second-order valence-corrected chi connectivity index (χ2v) is 6.71. The Kier molecular flexibility index (Phi) is 3.68. The van der Waals surface area contributed by atoms with E-state index in [1.165, 1.54) is 11.1 Å². The van der Waals surface area contributed by atoms with E-state index in [9.17, 15) is 4.79 Å². The van der Waals surface area contributed by atoms with Gasteiger partial charge in [-0.15, -0.1) is 0 Å². The number of ether oxygens (including phenoxy) is 2. The van der Waals surface area contributed by atoms with Crippen LogP contribution in [0.5, 0.6) is 11.5 Å². The van der Waals surface area contributed by atoms with Crippen molar-refractivity contribution < 1.29 is 14.3 Å². The molecule has 1 aromatic carbocycles. The van der Waals surface area contributed by atoms with Crippen LogP contribution in [0, 0.1) is 5.92 Å². The molecule has 0 aromatic heterocycles. The second-order valence-electron chi connectivity index (χ2n) is 6.71. The molecule has 23 heavy (non-hydrogen) atoms. The predicted molar refractivity (Wildman–Crippen MR) is 86.8 cm³/mol. The highest BCUT2D eigenvalue weighted by molar-refractivity contribution is 5.82. The minimum absolute atomic E-state index is 0.165. The first-order valence-electron chi connectivity index (χ1n) is 8.52. The first-order valence-corrected chi connectivity index (χ1v) is 8.52. The Morgan fingerprint density at radius 1 is 1.26 bits per heavy atom. The Morgan fingerprint density at radius 3 is 2.91 bits per heavy atom. The van der Waals surface area contributed by atoms with Crippen molar-refractivity contribution in [2.24, 2.45) is 5.92 Å². The van der Waals surface area contributed by atoms with E-state index in [2.05, 4.69) is 16.3 Å². The molecule has 2 saturated heterocycles. The van der Waals surface area contributed by atoms with E-state index in [-0.39, 0.29) is 12.0 Å². The summed E-state index contributed by atoms with van der Waals surface area (Å²) in [6.07, 6.45) is 3.97. The fourth-order valence-electron chi connectivity index (χ4n) is 4.60. The number of nitrogens with zero attached hydrogens (tertiary/aromatic N) is 1. The molecule has 5 nitrogen and oxygen atoms in total. The molecule has 1 aromatic rings. The SMILES string of the molecule is COc1ccc2c(c1OC)CCN1C(=O)[C@H]3CCCN[C@H]3C[C@@H]21. The number of methoxy groups -OCH3 is 2. The average molecular weight is 316 g/mol. The van der Waals surface area contributed by atoms with Gasteiger partial charge in [-0.1, -0.05) is 6.07 Å². The van der Waals surface area contributed by atoms with Gasteiger partial charge in [-0.25, -0.2) is 0 Å². The summed E-state index contributed by atoms with van der Waals surface area (Å²) in [5.74, 6) is 2.10. The fourth-order valence-corrected chi connectivity index (χ4v) is 4.60. The zero-order valence-electron chi connectivity index (χ0n) is 13.8. The molecule has 3 aliphatic rings. The monoisotopic (exact) mass is 316 g/mol. The molecule has 1 N–H and O–H groups in total. The number of carbonyl (C=O) groups excluding carboxylic acids is 1. The van der Waals surface area contributed by atoms with Crippen LogP contribution in [0.4, 0.5) is 0 Å². The third kappa shape index (κ3) is 2.21. The van der Waals surface area contributed by atoms with Gasteiger partial charge in [0.05, 0.1) is 26.2 Å². The van der Waals surface area contributed by atoms with Crippen LogP contribution in [0.2, 0.25) is 0 Å². The highest BCUT2D eigenvalue weighted by atomic mass is 16.5. The van der Waals surface area contributed by atoms with Gasteiger partial charge in [0.1, 0.15) is 0 Å². The third-order valence-electron chi connectivity index (χ3n) is 5.68. The Morgan fingerprint density at radius 2 is 2.13 bits per heavy atom. The van der Waals surface area contributed by atoms with Crippen molar-refractivity contribution in [2.75, 3.05) is 27.3 Å². The van der Waals surface area contributed by atoms with Crippen LogP contribution in [0.25, 0.3) is 0 Å². The molecule has 3 aliphatic heterocycles. The summed E-state index contributed by atoms with van der Waals surface area (Å²) in [6.45, 7) is 1.81. The number of carbonyl (C=O) groups is 1. The summed E-state index contributed by atoms with van der Waals surface area (Å²) in [5, 5.41) is 3.56. The molecule has 0 aliphatic carbocycles. The van der Waals surface area contributed by atoms with Crippen molar-refractivity contribution in [3.05, 3.63) is 23.3 Å². The highest BCUT2D eigenvalue weighted by Gasteiger charge is 2.45. The number of hydrogen-bond donors (Lipinski definition) is 1. The second kappa shape index (κ2) is 5.71. The predicted octanol–water partition coefficient (Wildman–Crippen LogP) is 1.90. The molecule has 0 radical (unpaired) electrons. The molecular formula is C18H24N2O3. The molecule has 0 spiro atoms. The fraction of sp³-hybridized carbons (Fsp3) is 0.611. The molecule has 124 valence electrons. The smallest absolute Gasteiger partial charge is 0.227 e. The first-order chi connectivity index (χ1) is 11.2. The van der Waals surface area contributed by atoms with Gasteiger partial charge in [-0.2, -0.15) is 0 Å². The number of piperidine rings is 2. The molecule has 0 bridgehead atoms. The highest BCUT2D eigenvalue weighted by Crippen LogP contribution is 2.45. The Balaban J connectivity index is 1.73. The van der Waals surface area contributed by atoms with Gasteiger partial charge >= 0.3 is 0 Å².